The lowest BCUT2D eigenvalue weighted by Gasteiger charge is -2.35. The molecule has 5 nitrogen and oxygen atoms in total. The number of halogens is 2. The molecular formula is C17H29ClIN5. The van der Waals surface area contributed by atoms with Crippen molar-refractivity contribution < 1.29 is 0 Å². The lowest BCUT2D eigenvalue weighted by Crippen LogP contribution is -2.49. The highest BCUT2D eigenvalue weighted by atomic mass is 127. The molecular weight excluding hydrogens is 437 g/mol. The van der Waals surface area contributed by atoms with Gasteiger partial charge in [0.25, 0.3) is 0 Å². The quantitative estimate of drug-likeness (QED) is 0.294. The van der Waals surface area contributed by atoms with Gasteiger partial charge in [-0.05, 0) is 44.0 Å². The second kappa shape index (κ2) is 11.9. The van der Waals surface area contributed by atoms with Gasteiger partial charge in [0.15, 0.2) is 5.96 Å². The van der Waals surface area contributed by atoms with Crippen LogP contribution < -0.4 is 10.6 Å². The van der Waals surface area contributed by atoms with Crippen LogP contribution >= 0.6 is 35.6 Å². The van der Waals surface area contributed by atoms with E-state index >= 15 is 0 Å². The summed E-state index contributed by atoms with van der Waals surface area (Å²) in [5.41, 5.74) is 1.17. The zero-order valence-corrected chi connectivity index (χ0v) is 17.7. The van der Waals surface area contributed by atoms with E-state index in [0.717, 1.165) is 32.0 Å². The first-order valence-corrected chi connectivity index (χ1v) is 8.89. The van der Waals surface area contributed by atoms with Gasteiger partial charge in [0.2, 0.25) is 0 Å². The zero-order chi connectivity index (χ0) is 16.5. The number of guanidine groups is 1. The number of aliphatic imine (C=N–C) groups is 1. The minimum absolute atomic E-state index is 0. The van der Waals surface area contributed by atoms with E-state index in [2.05, 4.69) is 32.4 Å². The van der Waals surface area contributed by atoms with Gasteiger partial charge >= 0.3 is 0 Å². The predicted molar refractivity (Wildman–Crippen MR) is 113 cm³/mol. The lowest BCUT2D eigenvalue weighted by atomic mass is 10.0. The van der Waals surface area contributed by atoms with Gasteiger partial charge in [-0.25, -0.2) is 4.98 Å². The van der Waals surface area contributed by atoms with Gasteiger partial charge in [0, 0.05) is 32.4 Å². The van der Waals surface area contributed by atoms with Crippen LogP contribution in [0, 0.1) is 0 Å². The molecule has 136 valence electrons. The Balaban J connectivity index is 0.00000288. The molecule has 0 spiro atoms. The van der Waals surface area contributed by atoms with Crippen molar-refractivity contribution in [1.82, 2.24) is 20.5 Å². The van der Waals surface area contributed by atoms with Gasteiger partial charge in [0.1, 0.15) is 5.15 Å². The Morgan fingerprint density at radius 3 is 2.88 bits per heavy atom. The topological polar surface area (TPSA) is 52.5 Å². The Labute approximate surface area is 167 Å². The largest absolute Gasteiger partial charge is 0.356 e. The van der Waals surface area contributed by atoms with E-state index in [4.69, 9.17) is 11.6 Å². The van der Waals surface area contributed by atoms with E-state index in [9.17, 15) is 0 Å². The van der Waals surface area contributed by atoms with E-state index in [0.29, 0.717) is 11.2 Å². The van der Waals surface area contributed by atoms with E-state index in [-0.39, 0.29) is 24.0 Å². The fraction of sp³-hybridized carbons (Fsp3) is 0.647. The number of nitrogens with one attached hydrogen (secondary N) is 2. The Morgan fingerprint density at radius 2 is 2.21 bits per heavy atom. The summed E-state index contributed by atoms with van der Waals surface area (Å²) in [7, 11) is 1.82. The van der Waals surface area contributed by atoms with Crippen molar-refractivity contribution in [2.75, 3.05) is 33.2 Å². The van der Waals surface area contributed by atoms with Crippen LogP contribution in [0.2, 0.25) is 5.15 Å². The van der Waals surface area contributed by atoms with Gasteiger partial charge in [-0.15, -0.1) is 24.0 Å². The number of likely N-dealkylation sites (tertiary alicyclic amines) is 1. The Morgan fingerprint density at radius 1 is 1.38 bits per heavy atom. The summed E-state index contributed by atoms with van der Waals surface area (Å²) in [6.45, 7) is 6.37. The molecule has 0 aromatic carbocycles. The lowest BCUT2D eigenvalue weighted by molar-refractivity contribution is 0.157. The fourth-order valence-corrected chi connectivity index (χ4v) is 3.13. The highest BCUT2D eigenvalue weighted by Crippen LogP contribution is 2.15. The molecule has 1 aliphatic rings. The second-order valence-corrected chi connectivity index (χ2v) is 6.28. The molecule has 7 heteroatoms. The van der Waals surface area contributed by atoms with Gasteiger partial charge in [-0.3, -0.25) is 9.89 Å². The first kappa shape index (κ1) is 21.4. The molecule has 0 amide bonds. The Bertz CT molecular complexity index is 494. The average Bonchev–Trinajstić information content (AvgIpc) is 2.59. The van der Waals surface area contributed by atoms with Crippen LogP contribution in [0.15, 0.2) is 23.3 Å². The second-order valence-electron chi connectivity index (χ2n) is 5.90. The smallest absolute Gasteiger partial charge is 0.191 e. The van der Waals surface area contributed by atoms with Gasteiger partial charge < -0.3 is 10.6 Å². The summed E-state index contributed by atoms with van der Waals surface area (Å²) in [6.07, 6.45) is 6.65. The fourth-order valence-electron chi connectivity index (χ4n) is 3.02. The third-order valence-electron chi connectivity index (χ3n) is 4.38. The van der Waals surface area contributed by atoms with Gasteiger partial charge in [-0.1, -0.05) is 31.0 Å². The van der Waals surface area contributed by atoms with E-state index in [1.54, 1.807) is 0 Å². The summed E-state index contributed by atoms with van der Waals surface area (Å²) in [5, 5.41) is 7.36. The molecule has 1 atom stereocenters. The molecule has 24 heavy (non-hydrogen) atoms. The van der Waals surface area contributed by atoms with E-state index < -0.39 is 0 Å². The minimum Gasteiger partial charge on any atom is -0.356 e. The van der Waals surface area contributed by atoms with Crippen molar-refractivity contribution in [3.63, 3.8) is 0 Å². The molecule has 1 saturated heterocycles. The number of rotatable bonds is 6. The maximum atomic E-state index is 5.80. The monoisotopic (exact) mass is 465 g/mol. The predicted octanol–water partition coefficient (Wildman–Crippen LogP) is 2.93. The standard InChI is InChI=1S/C17H28ClN5.HI/c1-3-23-11-5-4-6-15(23)13-22-17(19-2)20-10-9-14-7-8-16(18)21-12-14;/h7-8,12,15H,3-6,9-11,13H2,1-2H3,(H2,19,20,22);1H. The average molecular weight is 466 g/mol. The summed E-state index contributed by atoms with van der Waals surface area (Å²) < 4.78 is 0. The number of hydrogen-bond donors (Lipinski definition) is 2. The third-order valence-corrected chi connectivity index (χ3v) is 4.60. The summed E-state index contributed by atoms with van der Waals surface area (Å²) in [6, 6.07) is 4.45. The number of piperidine rings is 1. The third kappa shape index (κ3) is 7.11. The van der Waals surface area contributed by atoms with Crippen molar-refractivity contribution in [3.8, 4) is 0 Å². The highest BCUT2D eigenvalue weighted by Gasteiger charge is 2.20. The Hall–Kier alpha value is -0.600. The molecule has 1 aromatic heterocycles. The first-order valence-electron chi connectivity index (χ1n) is 8.52. The molecule has 2 heterocycles. The number of nitrogens with zero attached hydrogens (tertiary/aromatic N) is 3. The number of hydrogen-bond acceptors (Lipinski definition) is 3. The molecule has 0 radical (unpaired) electrons. The summed E-state index contributed by atoms with van der Waals surface area (Å²) in [4.78, 5) is 11.0. The number of likely N-dealkylation sites (N-methyl/N-ethyl adjacent to an activating group) is 1. The molecule has 1 fully saturated rings. The van der Waals surface area contributed by atoms with Crippen LogP contribution in [0.1, 0.15) is 31.7 Å². The van der Waals surface area contributed by atoms with Crippen molar-refractivity contribution in [3.05, 3.63) is 29.0 Å². The van der Waals surface area contributed by atoms with Crippen LogP contribution in [-0.4, -0.2) is 55.1 Å². The Kier molecular flexibility index (Phi) is 10.6. The molecule has 0 bridgehead atoms. The molecule has 1 unspecified atom stereocenters. The van der Waals surface area contributed by atoms with E-state index in [1.807, 2.05) is 25.4 Å². The number of pyridine rings is 1. The summed E-state index contributed by atoms with van der Waals surface area (Å²) in [5.74, 6) is 0.869. The zero-order valence-electron chi connectivity index (χ0n) is 14.6. The molecule has 0 saturated carbocycles. The molecule has 2 N–H and O–H groups in total. The van der Waals surface area contributed by atoms with Crippen LogP contribution in [0.25, 0.3) is 0 Å². The summed E-state index contributed by atoms with van der Waals surface area (Å²) >= 11 is 5.80. The molecule has 2 rings (SSSR count). The van der Waals surface area contributed by atoms with Crippen LogP contribution in [0.4, 0.5) is 0 Å². The van der Waals surface area contributed by atoms with Crippen molar-refractivity contribution in [1.29, 1.82) is 0 Å². The maximum Gasteiger partial charge on any atom is 0.191 e. The van der Waals surface area contributed by atoms with E-state index in [1.165, 1.54) is 31.4 Å². The van der Waals surface area contributed by atoms with Crippen LogP contribution in [0.3, 0.4) is 0 Å². The van der Waals surface area contributed by atoms with Crippen LogP contribution in [-0.2, 0) is 6.42 Å². The molecule has 0 aliphatic carbocycles. The van der Waals surface area contributed by atoms with Gasteiger partial charge in [-0.2, -0.15) is 0 Å². The SMILES string of the molecule is CCN1CCCCC1CNC(=NC)NCCc1ccc(Cl)nc1.I. The van der Waals surface area contributed by atoms with Crippen molar-refractivity contribution in [2.45, 2.75) is 38.6 Å². The van der Waals surface area contributed by atoms with Gasteiger partial charge in [0.05, 0.1) is 0 Å². The molecule has 1 aromatic rings. The highest BCUT2D eigenvalue weighted by molar-refractivity contribution is 14.0. The normalized spacial score (nSPS) is 18.8. The van der Waals surface area contributed by atoms with Crippen LogP contribution in [0.5, 0.6) is 0 Å². The molecule has 1 aliphatic heterocycles. The minimum atomic E-state index is 0. The maximum absolute atomic E-state index is 5.80. The van der Waals surface area contributed by atoms with Crippen molar-refractivity contribution >= 4 is 41.5 Å². The van der Waals surface area contributed by atoms with Crippen molar-refractivity contribution in [2.24, 2.45) is 4.99 Å². The first-order chi connectivity index (χ1) is 11.2. The number of aromatic nitrogens is 1.